The summed E-state index contributed by atoms with van der Waals surface area (Å²) in [6.45, 7) is 8.08. The summed E-state index contributed by atoms with van der Waals surface area (Å²) in [6, 6.07) is 5.40. The van der Waals surface area contributed by atoms with Crippen LogP contribution in [0.1, 0.15) is 45.2 Å². The van der Waals surface area contributed by atoms with E-state index in [9.17, 15) is 9.59 Å². The Hall–Kier alpha value is -2.56. The number of allylic oxidation sites excluding steroid dienone is 2. The van der Waals surface area contributed by atoms with Gasteiger partial charge in [-0.25, -0.2) is 0 Å². The van der Waals surface area contributed by atoms with Crippen LogP contribution in [0.2, 0.25) is 0 Å². The zero-order valence-corrected chi connectivity index (χ0v) is 16.6. The van der Waals surface area contributed by atoms with E-state index in [0.717, 1.165) is 18.4 Å². The number of amides is 2. The van der Waals surface area contributed by atoms with E-state index < -0.39 is 12.1 Å². The molecule has 3 rings (SSSR count). The highest BCUT2D eigenvalue weighted by Gasteiger charge is 2.34. The number of nitrogens with one attached hydrogen (secondary N) is 3. The van der Waals surface area contributed by atoms with Gasteiger partial charge in [-0.05, 0) is 56.2 Å². The highest BCUT2D eigenvalue weighted by atomic mass is 16.2. The second kappa shape index (κ2) is 7.99. The molecule has 1 fully saturated rings. The maximum absolute atomic E-state index is 12.4. The zero-order valence-electron chi connectivity index (χ0n) is 16.6. The molecule has 0 saturated carbocycles. The Morgan fingerprint density at radius 2 is 1.89 bits per heavy atom. The predicted molar refractivity (Wildman–Crippen MR) is 108 cm³/mol. The van der Waals surface area contributed by atoms with Crippen LogP contribution in [0.4, 0.5) is 0 Å². The first-order valence-corrected chi connectivity index (χ1v) is 9.68. The third-order valence-electron chi connectivity index (χ3n) is 5.19. The van der Waals surface area contributed by atoms with Gasteiger partial charge >= 0.3 is 0 Å². The van der Waals surface area contributed by atoms with Crippen LogP contribution in [0.15, 0.2) is 36.0 Å². The fraction of sp³-hybridized carbons (Fsp3) is 0.455. The number of carbonyl (C=O) groups is 2. The van der Waals surface area contributed by atoms with Crippen LogP contribution in [0.25, 0.3) is 10.9 Å². The Balaban J connectivity index is 1.75. The van der Waals surface area contributed by atoms with Gasteiger partial charge in [-0.15, -0.1) is 0 Å². The van der Waals surface area contributed by atoms with Crippen molar-refractivity contribution in [2.75, 3.05) is 0 Å². The normalized spacial score (nSPS) is 19.9. The van der Waals surface area contributed by atoms with Crippen LogP contribution < -0.4 is 10.6 Å². The van der Waals surface area contributed by atoms with Crippen molar-refractivity contribution in [3.05, 3.63) is 47.2 Å². The molecular weight excluding hydrogens is 338 g/mol. The van der Waals surface area contributed by atoms with E-state index in [1.165, 1.54) is 22.1 Å². The molecule has 2 aromatic rings. The molecule has 1 aliphatic heterocycles. The number of aromatic nitrogens is 1. The quantitative estimate of drug-likeness (QED) is 0.686. The largest absolute Gasteiger partial charge is 0.361 e. The minimum atomic E-state index is -0.470. The highest BCUT2D eigenvalue weighted by Crippen LogP contribution is 2.25. The molecule has 1 saturated heterocycles. The first kappa shape index (κ1) is 19.2. The van der Waals surface area contributed by atoms with Crippen LogP contribution in [0, 0.1) is 5.92 Å². The summed E-state index contributed by atoms with van der Waals surface area (Å²) in [7, 11) is 0. The van der Waals surface area contributed by atoms with Crippen LogP contribution in [-0.2, 0) is 22.4 Å². The van der Waals surface area contributed by atoms with E-state index in [1.54, 1.807) is 0 Å². The van der Waals surface area contributed by atoms with Gasteiger partial charge < -0.3 is 15.6 Å². The number of aryl methyl sites for hydroxylation is 1. The molecule has 27 heavy (non-hydrogen) atoms. The number of H-pyrrole nitrogens is 1. The molecule has 1 aromatic heterocycles. The molecule has 2 heterocycles. The summed E-state index contributed by atoms with van der Waals surface area (Å²) < 4.78 is 0. The minimum Gasteiger partial charge on any atom is -0.361 e. The van der Waals surface area contributed by atoms with Gasteiger partial charge in [0, 0.05) is 17.1 Å². The SMILES string of the molecule is CC(C)=CCc1cccc2[nH]cc(CC[C@@H]3NC(=O)[C@@H](C(C)C)NC3=O)c12. The van der Waals surface area contributed by atoms with Crippen LogP contribution in [0.5, 0.6) is 0 Å². The molecule has 5 heteroatoms. The number of carbonyl (C=O) groups excluding carboxylic acids is 2. The minimum absolute atomic E-state index is 0.0844. The fourth-order valence-electron chi connectivity index (χ4n) is 3.64. The van der Waals surface area contributed by atoms with Crippen molar-refractivity contribution < 1.29 is 9.59 Å². The molecule has 1 aromatic carbocycles. The zero-order chi connectivity index (χ0) is 19.6. The third-order valence-corrected chi connectivity index (χ3v) is 5.19. The van der Waals surface area contributed by atoms with Gasteiger partial charge in [0.1, 0.15) is 12.1 Å². The number of aromatic amines is 1. The molecule has 0 bridgehead atoms. The standard InChI is InChI=1S/C22H29N3O2/c1-13(2)8-9-15-6-5-7-17-19(15)16(12-23-17)10-11-18-21(26)25-20(14(3)4)22(27)24-18/h5-8,12,14,18,20,23H,9-11H2,1-4H3,(H,24,27)(H,25,26)/t18-,20+/m0/s1. The second-order valence-electron chi connectivity index (χ2n) is 7.97. The molecular formula is C22H29N3O2. The molecule has 0 unspecified atom stereocenters. The lowest BCUT2D eigenvalue weighted by Gasteiger charge is -2.31. The third kappa shape index (κ3) is 4.24. The van der Waals surface area contributed by atoms with Gasteiger partial charge in [-0.3, -0.25) is 9.59 Å². The van der Waals surface area contributed by atoms with E-state index in [4.69, 9.17) is 0 Å². The lowest BCUT2D eigenvalue weighted by atomic mass is 9.95. The van der Waals surface area contributed by atoms with Crippen LogP contribution in [-0.4, -0.2) is 28.9 Å². The summed E-state index contributed by atoms with van der Waals surface area (Å²) >= 11 is 0. The Morgan fingerprint density at radius 1 is 1.11 bits per heavy atom. The van der Waals surface area contributed by atoms with Gasteiger partial charge in [0.25, 0.3) is 0 Å². The first-order chi connectivity index (χ1) is 12.9. The van der Waals surface area contributed by atoms with Crippen LogP contribution >= 0.6 is 0 Å². The Bertz CT molecular complexity index is 875. The molecule has 0 aliphatic carbocycles. The molecule has 144 valence electrons. The van der Waals surface area contributed by atoms with Crippen molar-refractivity contribution >= 4 is 22.7 Å². The van der Waals surface area contributed by atoms with E-state index in [1.807, 2.05) is 20.0 Å². The lowest BCUT2D eigenvalue weighted by molar-refractivity contribution is -0.138. The molecule has 1 aliphatic rings. The molecule has 0 spiro atoms. The van der Waals surface area contributed by atoms with Gasteiger partial charge in [0.15, 0.2) is 0 Å². The van der Waals surface area contributed by atoms with Gasteiger partial charge in [-0.1, -0.05) is 37.6 Å². The predicted octanol–water partition coefficient (Wildman–Crippen LogP) is 3.25. The first-order valence-electron chi connectivity index (χ1n) is 9.68. The molecule has 3 N–H and O–H groups in total. The molecule has 2 atom stereocenters. The molecule has 2 amide bonds. The van der Waals surface area contributed by atoms with Gasteiger partial charge in [-0.2, -0.15) is 0 Å². The number of fused-ring (bicyclic) bond motifs is 1. The van der Waals surface area contributed by atoms with Crippen molar-refractivity contribution in [3.8, 4) is 0 Å². The average molecular weight is 367 g/mol. The monoisotopic (exact) mass is 367 g/mol. The lowest BCUT2D eigenvalue weighted by Crippen LogP contribution is -2.63. The Kier molecular flexibility index (Phi) is 5.68. The maximum atomic E-state index is 12.4. The number of hydrogen-bond donors (Lipinski definition) is 3. The Labute approximate surface area is 160 Å². The summed E-state index contributed by atoms with van der Waals surface area (Å²) in [5, 5.41) is 6.99. The second-order valence-corrected chi connectivity index (χ2v) is 7.97. The fourth-order valence-corrected chi connectivity index (χ4v) is 3.64. The number of rotatable bonds is 6. The van der Waals surface area contributed by atoms with Crippen molar-refractivity contribution in [3.63, 3.8) is 0 Å². The summed E-state index contributed by atoms with van der Waals surface area (Å²) in [6.07, 6.45) is 6.46. The number of benzene rings is 1. The molecule has 0 radical (unpaired) electrons. The van der Waals surface area contributed by atoms with E-state index in [2.05, 4.69) is 53.7 Å². The van der Waals surface area contributed by atoms with E-state index in [0.29, 0.717) is 6.42 Å². The van der Waals surface area contributed by atoms with E-state index >= 15 is 0 Å². The van der Waals surface area contributed by atoms with Crippen molar-refractivity contribution in [2.24, 2.45) is 5.92 Å². The number of piperazine rings is 1. The van der Waals surface area contributed by atoms with Crippen LogP contribution in [0.3, 0.4) is 0 Å². The maximum Gasteiger partial charge on any atom is 0.243 e. The number of hydrogen-bond acceptors (Lipinski definition) is 2. The summed E-state index contributed by atoms with van der Waals surface area (Å²) in [4.78, 5) is 27.9. The topological polar surface area (TPSA) is 74.0 Å². The van der Waals surface area contributed by atoms with Gasteiger partial charge in [0.2, 0.25) is 11.8 Å². The van der Waals surface area contributed by atoms with Crippen molar-refractivity contribution in [1.29, 1.82) is 0 Å². The van der Waals surface area contributed by atoms with Gasteiger partial charge in [0.05, 0.1) is 0 Å². The summed E-state index contributed by atoms with van der Waals surface area (Å²) in [5.41, 5.74) is 4.88. The average Bonchev–Trinajstić information content (AvgIpc) is 3.03. The summed E-state index contributed by atoms with van der Waals surface area (Å²) in [5.74, 6) is -0.0863. The highest BCUT2D eigenvalue weighted by molar-refractivity contribution is 5.97. The van der Waals surface area contributed by atoms with Crippen molar-refractivity contribution in [1.82, 2.24) is 15.6 Å². The van der Waals surface area contributed by atoms with E-state index in [-0.39, 0.29) is 17.7 Å². The molecule has 5 nitrogen and oxygen atoms in total. The van der Waals surface area contributed by atoms with Crippen molar-refractivity contribution in [2.45, 2.75) is 59.0 Å². The smallest absolute Gasteiger partial charge is 0.243 e. The Morgan fingerprint density at radius 3 is 2.59 bits per heavy atom.